The molecule has 1 saturated heterocycles. The molecule has 2 heterocycles. The van der Waals surface area contributed by atoms with Gasteiger partial charge in [-0.1, -0.05) is 13.0 Å². The van der Waals surface area contributed by atoms with Crippen LogP contribution in [0.2, 0.25) is 0 Å². The molecule has 1 aromatic carbocycles. The van der Waals surface area contributed by atoms with Crippen LogP contribution in [-0.2, 0) is 9.53 Å². The summed E-state index contributed by atoms with van der Waals surface area (Å²) < 4.78 is 19.1. The number of nitrogens with one attached hydrogen (secondary N) is 3. The third-order valence-corrected chi connectivity index (χ3v) is 4.56. The molecule has 0 unspecified atom stereocenters. The van der Waals surface area contributed by atoms with Gasteiger partial charge in [-0.25, -0.2) is 9.37 Å². The maximum atomic E-state index is 13.9. The van der Waals surface area contributed by atoms with Gasteiger partial charge in [0.2, 0.25) is 11.9 Å². The summed E-state index contributed by atoms with van der Waals surface area (Å²) in [7, 11) is 0. The summed E-state index contributed by atoms with van der Waals surface area (Å²) in [6.07, 6.45) is 1.68. The summed E-state index contributed by atoms with van der Waals surface area (Å²) >= 11 is 0. The molecule has 3 rings (SSSR count). The van der Waals surface area contributed by atoms with Gasteiger partial charge in [-0.2, -0.15) is 4.98 Å². The highest BCUT2D eigenvalue weighted by atomic mass is 19.1. The predicted molar refractivity (Wildman–Crippen MR) is 104 cm³/mol. The average Bonchev–Trinajstić information content (AvgIpc) is 2.66. The summed E-state index contributed by atoms with van der Waals surface area (Å²) in [5.41, 5.74) is 0.751. The van der Waals surface area contributed by atoms with Crippen molar-refractivity contribution < 1.29 is 19.0 Å². The quantitative estimate of drug-likeness (QED) is 0.549. The van der Waals surface area contributed by atoms with Gasteiger partial charge < -0.3 is 25.8 Å². The van der Waals surface area contributed by atoms with Gasteiger partial charge in [0.15, 0.2) is 11.6 Å². The Labute approximate surface area is 162 Å². The maximum absolute atomic E-state index is 13.9. The molecule has 0 bridgehead atoms. The summed E-state index contributed by atoms with van der Waals surface area (Å²) in [6, 6.07) is 6.78. The van der Waals surface area contributed by atoms with Gasteiger partial charge in [-0.3, -0.25) is 4.79 Å². The summed E-state index contributed by atoms with van der Waals surface area (Å²) in [4.78, 5) is 20.4. The number of aromatic nitrogens is 2. The van der Waals surface area contributed by atoms with Crippen molar-refractivity contribution in [2.75, 3.05) is 35.8 Å². The third kappa shape index (κ3) is 4.55. The number of nitrogens with zero attached hydrogens (tertiary/aromatic N) is 2. The van der Waals surface area contributed by atoms with E-state index in [-0.39, 0.29) is 30.3 Å². The molecule has 4 N–H and O–H groups in total. The predicted octanol–water partition coefficient (Wildman–Crippen LogP) is 2.52. The molecular weight excluding hydrogens is 365 g/mol. The number of ether oxygens (including phenoxy) is 1. The zero-order valence-corrected chi connectivity index (χ0v) is 15.8. The first-order valence-electron chi connectivity index (χ1n) is 9.10. The van der Waals surface area contributed by atoms with E-state index in [4.69, 9.17) is 4.74 Å². The number of hydrogen-bond donors (Lipinski definition) is 4. The highest BCUT2D eigenvalue weighted by molar-refractivity contribution is 5.96. The van der Waals surface area contributed by atoms with Crippen molar-refractivity contribution in [3.63, 3.8) is 0 Å². The molecule has 0 aliphatic carbocycles. The first kappa shape index (κ1) is 20.0. The molecule has 1 fully saturated rings. The molecule has 1 aliphatic heterocycles. The van der Waals surface area contributed by atoms with E-state index in [1.54, 1.807) is 24.3 Å². The zero-order chi connectivity index (χ0) is 20.1. The van der Waals surface area contributed by atoms with Crippen LogP contribution in [0.25, 0.3) is 0 Å². The first-order chi connectivity index (χ1) is 13.4. The van der Waals surface area contributed by atoms with Crippen molar-refractivity contribution in [3.8, 4) is 0 Å². The Morgan fingerprint density at radius 1 is 1.39 bits per heavy atom. The lowest BCUT2D eigenvalue weighted by molar-refractivity contribution is -0.151. The summed E-state index contributed by atoms with van der Waals surface area (Å²) in [5, 5.41) is 18.0. The zero-order valence-electron chi connectivity index (χ0n) is 15.8. The lowest BCUT2D eigenvalue weighted by atomic mass is 9.87. The van der Waals surface area contributed by atoms with Crippen molar-refractivity contribution in [2.45, 2.75) is 26.3 Å². The molecule has 28 heavy (non-hydrogen) atoms. The van der Waals surface area contributed by atoms with Crippen LogP contribution in [0, 0.1) is 11.2 Å². The molecule has 1 aliphatic rings. The second kappa shape index (κ2) is 8.49. The fraction of sp³-hybridized carbons (Fsp3) is 0.421. The minimum absolute atomic E-state index is 0.0146. The third-order valence-electron chi connectivity index (χ3n) is 4.56. The Bertz CT molecular complexity index is 840. The lowest BCUT2D eigenvalue weighted by Crippen LogP contribution is -2.49. The lowest BCUT2D eigenvalue weighted by Gasteiger charge is -2.36. The van der Waals surface area contributed by atoms with E-state index in [2.05, 4.69) is 25.9 Å². The molecule has 1 atom stereocenters. The minimum Gasteiger partial charge on any atom is -0.394 e. The topological polar surface area (TPSA) is 108 Å². The molecule has 0 radical (unpaired) electrons. The van der Waals surface area contributed by atoms with Gasteiger partial charge in [0.1, 0.15) is 0 Å². The van der Waals surface area contributed by atoms with Crippen LogP contribution >= 0.6 is 0 Å². The van der Waals surface area contributed by atoms with Crippen LogP contribution in [0.15, 0.2) is 30.5 Å². The van der Waals surface area contributed by atoms with Gasteiger partial charge in [0.25, 0.3) is 0 Å². The molecule has 1 amide bonds. The highest BCUT2D eigenvalue weighted by Crippen LogP contribution is 2.29. The number of aliphatic hydroxyl groups excluding tert-OH is 1. The average molecular weight is 389 g/mol. The van der Waals surface area contributed by atoms with Crippen LogP contribution in [0.3, 0.4) is 0 Å². The number of hydrogen-bond acceptors (Lipinski definition) is 7. The molecule has 2 aromatic rings. The van der Waals surface area contributed by atoms with Crippen LogP contribution < -0.4 is 16.0 Å². The molecule has 0 spiro atoms. The second-order valence-electron chi connectivity index (χ2n) is 7.04. The number of halogens is 1. The Morgan fingerprint density at radius 3 is 2.79 bits per heavy atom. The van der Waals surface area contributed by atoms with Gasteiger partial charge in [0.05, 0.1) is 37.5 Å². The minimum atomic E-state index is -0.602. The van der Waals surface area contributed by atoms with E-state index in [9.17, 15) is 14.3 Å². The van der Waals surface area contributed by atoms with Gasteiger partial charge in [-0.05, 0) is 31.5 Å². The Balaban J connectivity index is 1.70. The Hall–Kier alpha value is -2.78. The van der Waals surface area contributed by atoms with Gasteiger partial charge in [0, 0.05) is 11.4 Å². The highest BCUT2D eigenvalue weighted by Gasteiger charge is 2.41. The van der Waals surface area contributed by atoms with E-state index >= 15 is 0 Å². The Kier molecular flexibility index (Phi) is 6.05. The normalized spacial score (nSPS) is 16.0. The van der Waals surface area contributed by atoms with Crippen molar-refractivity contribution in [1.29, 1.82) is 0 Å². The largest absolute Gasteiger partial charge is 0.394 e. The number of amides is 1. The fourth-order valence-corrected chi connectivity index (χ4v) is 2.62. The summed E-state index contributed by atoms with van der Waals surface area (Å²) in [5.74, 6) is -0.496. The Morgan fingerprint density at radius 2 is 2.14 bits per heavy atom. The van der Waals surface area contributed by atoms with Crippen LogP contribution in [-0.4, -0.2) is 46.8 Å². The molecule has 0 saturated carbocycles. The van der Waals surface area contributed by atoms with Crippen molar-refractivity contribution in [2.24, 2.45) is 5.41 Å². The van der Waals surface area contributed by atoms with Gasteiger partial charge in [-0.15, -0.1) is 0 Å². The number of carbonyl (C=O) groups is 1. The van der Waals surface area contributed by atoms with Crippen LogP contribution in [0.4, 0.5) is 27.5 Å². The number of carbonyl (C=O) groups excluding carboxylic acids is 1. The standard InChI is InChI=1S/C19H24FN5O3/c1-3-12(9-26)22-16-15(20)8-21-18(25-16)24-14-6-4-5-13(7-14)23-17(27)19(2)10-28-11-19/h4-8,12,26H,3,9-11H2,1-2H3,(H,23,27)(H2,21,22,24,25)/t12-/m0/s1. The number of rotatable bonds is 8. The van der Waals surface area contributed by atoms with Crippen LogP contribution in [0.1, 0.15) is 20.3 Å². The van der Waals surface area contributed by atoms with Crippen LogP contribution in [0.5, 0.6) is 0 Å². The molecular formula is C19H24FN5O3. The smallest absolute Gasteiger partial charge is 0.234 e. The van der Waals surface area contributed by atoms with E-state index in [1.165, 1.54) is 0 Å². The van der Waals surface area contributed by atoms with Gasteiger partial charge >= 0.3 is 0 Å². The molecule has 8 nitrogen and oxygen atoms in total. The number of anilines is 4. The van der Waals surface area contributed by atoms with Crippen molar-refractivity contribution >= 4 is 29.0 Å². The SMILES string of the molecule is CC[C@@H](CO)Nc1nc(Nc2cccc(NC(=O)C3(C)COC3)c2)ncc1F. The molecule has 150 valence electrons. The second-order valence-corrected chi connectivity index (χ2v) is 7.04. The first-order valence-corrected chi connectivity index (χ1v) is 9.10. The molecule has 9 heteroatoms. The van der Waals surface area contributed by atoms with E-state index in [0.29, 0.717) is 31.0 Å². The monoisotopic (exact) mass is 389 g/mol. The number of benzene rings is 1. The summed E-state index contributed by atoms with van der Waals surface area (Å²) in [6.45, 7) is 4.41. The molecule has 1 aromatic heterocycles. The van der Waals surface area contributed by atoms with Crippen molar-refractivity contribution in [1.82, 2.24) is 9.97 Å². The number of aliphatic hydroxyl groups is 1. The van der Waals surface area contributed by atoms with E-state index in [0.717, 1.165) is 6.20 Å². The fourth-order valence-electron chi connectivity index (χ4n) is 2.62. The van der Waals surface area contributed by atoms with E-state index < -0.39 is 11.2 Å². The maximum Gasteiger partial charge on any atom is 0.234 e. The van der Waals surface area contributed by atoms with Crippen molar-refractivity contribution in [3.05, 3.63) is 36.3 Å². The van der Waals surface area contributed by atoms with E-state index in [1.807, 2.05) is 13.8 Å².